The van der Waals surface area contributed by atoms with E-state index in [2.05, 4.69) is 11.4 Å². The highest BCUT2D eigenvalue weighted by atomic mass is 16.5. The van der Waals surface area contributed by atoms with Gasteiger partial charge in [-0.25, -0.2) is 4.79 Å². The van der Waals surface area contributed by atoms with E-state index in [1.807, 2.05) is 26.0 Å². The van der Waals surface area contributed by atoms with Gasteiger partial charge in [0.25, 0.3) is 0 Å². The Bertz CT molecular complexity index is 755. The van der Waals surface area contributed by atoms with E-state index < -0.39 is 6.09 Å². The van der Waals surface area contributed by atoms with Crippen LogP contribution in [-0.4, -0.2) is 18.7 Å². The van der Waals surface area contributed by atoms with Crippen molar-refractivity contribution in [3.63, 3.8) is 0 Å². The molecule has 0 aromatic heterocycles. The molecule has 0 spiro atoms. The molecule has 0 aliphatic rings. The smallest absolute Gasteiger partial charge is 0.411 e. The number of ether oxygens (including phenoxy) is 2. The fraction of sp³-hybridized carbons (Fsp3) is 0.300. The van der Waals surface area contributed by atoms with Crippen LogP contribution in [-0.2, 0) is 16.0 Å². The van der Waals surface area contributed by atoms with Crippen LogP contribution >= 0.6 is 0 Å². The van der Waals surface area contributed by atoms with Crippen molar-refractivity contribution in [1.29, 1.82) is 0 Å². The van der Waals surface area contributed by atoms with Gasteiger partial charge in [0, 0.05) is 18.2 Å². The zero-order valence-corrected chi connectivity index (χ0v) is 14.8. The number of carbonyl (C=O) groups is 2. The van der Waals surface area contributed by atoms with Crippen molar-refractivity contribution in [1.82, 2.24) is 0 Å². The molecule has 0 heterocycles. The number of hydrogen-bond donors (Lipinski definition) is 1. The molecule has 0 atom stereocenters. The van der Waals surface area contributed by atoms with E-state index in [1.165, 1.54) is 11.1 Å². The topological polar surface area (TPSA) is 64.6 Å². The molecule has 0 radical (unpaired) electrons. The maximum Gasteiger partial charge on any atom is 0.411 e. The zero-order chi connectivity index (χ0) is 18.2. The van der Waals surface area contributed by atoms with Gasteiger partial charge in [0.15, 0.2) is 0 Å². The number of aryl methyl sites for hydroxylation is 3. The van der Waals surface area contributed by atoms with E-state index in [9.17, 15) is 9.59 Å². The maximum atomic E-state index is 12.1. The first-order valence-corrected chi connectivity index (χ1v) is 8.28. The molecule has 5 nitrogen and oxygen atoms in total. The molecule has 2 aromatic rings. The van der Waals surface area contributed by atoms with Gasteiger partial charge in [-0.15, -0.1) is 0 Å². The molecular weight excluding hydrogens is 318 g/mol. The van der Waals surface area contributed by atoms with Crippen molar-refractivity contribution in [3.8, 4) is 5.75 Å². The Morgan fingerprint density at radius 3 is 2.60 bits per heavy atom. The van der Waals surface area contributed by atoms with Gasteiger partial charge in [-0.3, -0.25) is 10.1 Å². The lowest BCUT2D eigenvalue weighted by molar-refractivity contribution is -0.134. The van der Waals surface area contributed by atoms with Crippen LogP contribution < -0.4 is 10.1 Å². The summed E-state index contributed by atoms with van der Waals surface area (Å²) in [7, 11) is 0. The standard InChI is InChI=1S/C20H23NO4/c1-4-24-20(23)21-17-6-5-7-18(13-17)25-19(22)11-10-16-9-8-14(2)12-15(16)3/h5-9,12-13H,4,10-11H2,1-3H3,(H,21,23). The molecule has 0 aliphatic heterocycles. The third-order valence-electron chi connectivity index (χ3n) is 3.68. The fourth-order valence-electron chi connectivity index (χ4n) is 2.47. The van der Waals surface area contributed by atoms with Crippen LogP contribution in [0.25, 0.3) is 0 Å². The molecular formula is C20H23NO4. The molecule has 5 heteroatoms. The summed E-state index contributed by atoms with van der Waals surface area (Å²) >= 11 is 0. The van der Waals surface area contributed by atoms with Gasteiger partial charge in [0.05, 0.1) is 6.61 Å². The minimum Gasteiger partial charge on any atom is -0.450 e. The van der Waals surface area contributed by atoms with Crippen LogP contribution in [0.5, 0.6) is 5.75 Å². The Balaban J connectivity index is 1.90. The third kappa shape index (κ3) is 5.95. The summed E-state index contributed by atoms with van der Waals surface area (Å²) in [6.07, 6.45) is 0.381. The number of benzene rings is 2. The number of hydrogen-bond acceptors (Lipinski definition) is 4. The zero-order valence-electron chi connectivity index (χ0n) is 14.8. The SMILES string of the molecule is CCOC(=O)Nc1cccc(OC(=O)CCc2ccc(C)cc2C)c1. The van der Waals surface area contributed by atoms with Crippen LogP contribution in [0.1, 0.15) is 30.0 Å². The summed E-state index contributed by atoms with van der Waals surface area (Å²) in [6, 6.07) is 12.8. The van der Waals surface area contributed by atoms with Crippen LogP contribution in [0.4, 0.5) is 10.5 Å². The third-order valence-corrected chi connectivity index (χ3v) is 3.68. The van der Waals surface area contributed by atoms with Crippen molar-refractivity contribution in [3.05, 3.63) is 59.2 Å². The Kier molecular flexibility index (Phi) is 6.57. The minimum absolute atomic E-state index is 0.291. The first-order chi connectivity index (χ1) is 12.0. The first-order valence-electron chi connectivity index (χ1n) is 8.28. The quantitative estimate of drug-likeness (QED) is 0.624. The van der Waals surface area contributed by atoms with Crippen molar-refractivity contribution in [2.24, 2.45) is 0 Å². The predicted octanol–water partition coefficient (Wildman–Crippen LogP) is 4.41. The summed E-state index contributed by atoms with van der Waals surface area (Å²) in [5.41, 5.74) is 4.03. The summed E-state index contributed by atoms with van der Waals surface area (Å²) in [5, 5.41) is 2.57. The molecule has 2 aromatic carbocycles. The fourth-order valence-corrected chi connectivity index (χ4v) is 2.47. The molecule has 132 valence electrons. The molecule has 0 unspecified atom stereocenters. The van der Waals surface area contributed by atoms with E-state index in [4.69, 9.17) is 9.47 Å². The number of esters is 1. The summed E-state index contributed by atoms with van der Waals surface area (Å²) in [4.78, 5) is 23.5. The summed E-state index contributed by atoms with van der Waals surface area (Å²) in [6.45, 7) is 6.10. The van der Waals surface area contributed by atoms with E-state index >= 15 is 0 Å². The lowest BCUT2D eigenvalue weighted by Gasteiger charge is -2.09. The van der Waals surface area contributed by atoms with Crippen LogP contribution in [0, 0.1) is 13.8 Å². The highest BCUT2D eigenvalue weighted by Gasteiger charge is 2.09. The minimum atomic E-state index is -0.541. The Labute approximate surface area is 148 Å². The molecule has 1 amide bonds. The molecule has 1 N–H and O–H groups in total. The Morgan fingerprint density at radius 1 is 1.08 bits per heavy atom. The largest absolute Gasteiger partial charge is 0.450 e. The molecule has 0 fully saturated rings. The highest BCUT2D eigenvalue weighted by molar-refractivity contribution is 5.85. The molecule has 0 aliphatic carbocycles. The van der Waals surface area contributed by atoms with E-state index in [1.54, 1.807) is 31.2 Å². The summed E-state index contributed by atoms with van der Waals surface area (Å²) in [5.74, 6) is 0.0770. The van der Waals surface area contributed by atoms with Crippen LogP contribution in [0.3, 0.4) is 0 Å². The van der Waals surface area contributed by atoms with Crippen LogP contribution in [0.15, 0.2) is 42.5 Å². The summed E-state index contributed by atoms with van der Waals surface area (Å²) < 4.78 is 10.2. The number of rotatable bonds is 6. The second-order valence-corrected chi connectivity index (χ2v) is 5.78. The van der Waals surface area contributed by atoms with Gasteiger partial charge in [-0.1, -0.05) is 29.8 Å². The number of anilines is 1. The second-order valence-electron chi connectivity index (χ2n) is 5.78. The Morgan fingerprint density at radius 2 is 1.88 bits per heavy atom. The average Bonchev–Trinajstić information content (AvgIpc) is 2.54. The van der Waals surface area contributed by atoms with Gasteiger partial charge in [0.1, 0.15) is 5.75 Å². The molecule has 0 saturated heterocycles. The number of amides is 1. The monoisotopic (exact) mass is 341 g/mol. The molecule has 0 bridgehead atoms. The van der Waals surface area contributed by atoms with Gasteiger partial charge >= 0.3 is 12.1 Å². The molecule has 2 rings (SSSR count). The lowest BCUT2D eigenvalue weighted by atomic mass is 10.0. The van der Waals surface area contributed by atoms with Gasteiger partial charge < -0.3 is 9.47 Å². The molecule has 0 saturated carbocycles. The van der Waals surface area contributed by atoms with E-state index in [0.29, 0.717) is 30.9 Å². The maximum absolute atomic E-state index is 12.1. The Hall–Kier alpha value is -2.82. The first kappa shape index (κ1) is 18.5. The number of carbonyl (C=O) groups excluding carboxylic acids is 2. The van der Waals surface area contributed by atoms with Crippen molar-refractivity contribution in [2.75, 3.05) is 11.9 Å². The van der Waals surface area contributed by atoms with Crippen molar-refractivity contribution < 1.29 is 19.1 Å². The normalized spacial score (nSPS) is 10.2. The van der Waals surface area contributed by atoms with Crippen LogP contribution in [0.2, 0.25) is 0 Å². The van der Waals surface area contributed by atoms with Crippen molar-refractivity contribution >= 4 is 17.7 Å². The van der Waals surface area contributed by atoms with Crippen molar-refractivity contribution in [2.45, 2.75) is 33.6 Å². The van der Waals surface area contributed by atoms with E-state index in [-0.39, 0.29) is 5.97 Å². The second kappa shape index (κ2) is 8.87. The number of nitrogens with one attached hydrogen (secondary N) is 1. The van der Waals surface area contributed by atoms with E-state index in [0.717, 1.165) is 5.56 Å². The van der Waals surface area contributed by atoms with Gasteiger partial charge in [-0.2, -0.15) is 0 Å². The highest BCUT2D eigenvalue weighted by Crippen LogP contribution is 2.19. The predicted molar refractivity (Wildman–Crippen MR) is 97.0 cm³/mol. The van der Waals surface area contributed by atoms with Gasteiger partial charge in [0.2, 0.25) is 0 Å². The van der Waals surface area contributed by atoms with Gasteiger partial charge in [-0.05, 0) is 50.5 Å². The molecule has 25 heavy (non-hydrogen) atoms. The average molecular weight is 341 g/mol. The lowest BCUT2D eigenvalue weighted by Crippen LogP contribution is -2.13.